The average Bonchev–Trinajstić information content (AvgIpc) is 3.18. The lowest BCUT2D eigenvalue weighted by molar-refractivity contribution is 0.440. The van der Waals surface area contributed by atoms with Crippen molar-refractivity contribution < 1.29 is 8.42 Å². The van der Waals surface area contributed by atoms with Gasteiger partial charge in [0.15, 0.2) is 0 Å². The van der Waals surface area contributed by atoms with Crippen LogP contribution in [-0.4, -0.2) is 15.0 Å². The Balaban J connectivity index is 1.83. The average molecular weight is 400 g/mol. The number of nitrogens with one attached hydrogen (secondary N) is 1. The van der Waals surface area contributed by atoms with E-state index >= 15 is 0 Å². The second kappa shape index (κ2) is 6.43. The Labute approximate surface area is 143 Å². The normalized spacial score (nSPS) is 17.7. The molecular formula is C16H18BrNO2S2. The topological polar surface area (TPSA) is 46.2 Å². The fourth-order valence-electron chi connectivity index (χ4n) is 3.12. The number of sulfonamides is 1. The smallest absolute Gasteiger partial charge is 0.210 e. The highest BCUT2D eigenvalue weighted by Gasteiger charge is 2.37. The van der Waals surface area contributed by atoms with Crippen LogP contribution in [0.4, 0.5) is 0 Å². The van der Waals surface area contributed by atoms with Gasteiger partial charge in [-0.2, -0.15) is 0 Å². The van der Waals surface area contributed by atoms with Gasteiger partial charge >= 0.3 is 0 Å². The molecule has 1 aromatic heterocycles. The van der Waals surface area contributed by atoms with Crippen LogP contribution in [0.15, 0.2) is 51.1 Å². The van der Waals surface area contributed by atoms with E-state index in [1.165, 1.54) is 4.88 Å². The number of hydrogen-bond acceptors (Lipinski definition) is 3. The summed E-state index contributed by atoms with van der Waals surface area (Å²) in [4.78, 5) is 1.59. The van der Waals surface area contributed by atoms with Crippen LogP contribution in [0.5, 0.6) is 0 Å². The summed E-state index contributed by atoms with van der Waals surface area (Å²) in [6, 6.07) is 11.1. The molecule has 1 fully saturated rings. The molecule has 0 radical (unpaired) electrons. The molecule has 0 bridgehead atoms. The van der Waals surface area contributed by atoms with Gasteiger partial charge in [-0.05, 0) is 52.4 Å². The van der Waals surface area contributed by atoms with E-state index in [0.29, 0.717) is 15.9 Å². The van der Waals surface area contributed by atoms with Gasteiger partial charge in [0.2, 0.25) is 10.0 Å². The number of rotatable bonds is 5. The van der Waals surface area contributed by atoms with Gasteiger partial charge in [0.1, 0.15) is 0 Å². The maximum atomic E-state index is 12.6. The van der Waals surface area contributed by atoms with Crippen molar-refractivity contribution in [2.75, 3.05) is 6.54 Å². The van der Waals surface area contributed by atoms with Crippen LogP contribution in [-0.2, 0) is 15.4 Å². The van der Waals surface area contributed by atoms with E-state index in [9.17, 15) is 8.42 Å². The van der Waals surface area contributed by atoms with Crippen molar-refractivity contribution in [1.82, 2.24) is 4.72 Å². The summed E-state index contributed by atoms with van der Waals surface area (Å²) in [6.07, 6.45) is 4.42. The standard InChI is InChI=1S/C16H18BrNO2S2/c17-13-6-1-2-7-14(13)22(19,20)18-12-16(9-3-4-10-16)15-8-5-11-21-15/h1-2,5-8,11,18H,3-4,9-10,12H2. The van der Waals surface area contributed by atoms with Gasteiger partial charge < -0.3 is 0 Å². The summed E-state index contributed by atoms with van der Waals surface area (Å²) in [7, 11) is -3.50. The summed E-state index contributed by atoms with van der Waals surface area (Å²) in [5, 5.41) is 2.07. The van der Waals surface area contributed by atoms with Gasteiger partial charge in [-0.3, -0.25) is 0 Å². The van der Waals surface area contributed by atoms with Crippen LogP contribution in [0, 0.1) is 0 Å². The lowest BCUT2D eigenvalue weighted by Crippen LogP contribution is -2.38. The lowest BCUT2D eigenvalue weighted by Gasteiger charge is -2.28. The number of halogens is 1. The molecule has 3 nitrogen and oxygen atoms in total. The molecule has 1 N–H and O–H groups in total. The molecule has 1 heterocycles. The zero-order chi connectivity index (χ0) is 15.6. The van der Waals surface area contributed by atoms with E-state index in [0.717, 1.165) is 25.7 Å². The van der Waals surface area contributed by atoms with E-state index in [4.69, 9.17) is 0 Å². The van der Waals surface area contributed by atoms with Crippen LogP contribution < -0.4 is 4.72 Å². The first kappa shape index (κ1) is 16.2. The molecule has 6 heteroatoms. The first-order valence-corrected chi connectivity index (χ1v) is 10.5. The molecule has 0 amide bonds. The highest BCUT2D eigenvalue weighted by atomic mass is 79.9. The maximum absolute atomic E-state index is 12.6. The summed E-state index contributed by atoms with van der Waals surface area (Å²) in [6.45, 7) is 0.469. The Morgan fingerprint density at radius 1 is 1.14 bits per heavy atom. The molecule has 1 aliphatic rings. The SMILES string of the molecule is O=S(=O)(NCC1(c2cccs2)CCCC1)c1ccccc1Br. The minimum atomic E-state index is -3.50. The molecule has 0 spiro atoms. The largest absolute Gasteiger partial charge is 0.241 e. The first-order valence-electron chi connectivity index (χ1n) is 7.32. The van der Waals surface area contributed by atoms with Gasteiger partial charge in [0.05, 0.1) is 4.90 Å². The summed E-state index contributed by atoms with van der Waals surface area (Å²) in [5.74, 6) is 0. The van der Waals surface area contributed by atoms with Crippen LogP contribution in [0.1, 0.15) is 30.6 Å². The molecule has 0 atom stereocenters. The van der Waals surface area contributed by atoms with Gasteiger partial charge in [0, 0.05) is 21.3 Å². The Bertz CT molecular complexity index is 735. The second-order valence-corrected chi connectivity index (χ2v) is 9.26. The molecule has 0 saturated heterocycles. The Morgan fingerprint density at radius 3 is 2.50 bits per heavy atom. The predicted octanol–water partition coefficient (Wildman–Crippen LogP) is 4.30. The summed E-state index contributed by atoms with van der Waals surface area (Å²) >= 11 is 5.05. The van der Waals surface area contributed by atoms with Crippen molar-refractivity contribution in [2.45, 2.75) is 36.0 Å². The van der Waals surface area contributed by atoms with E-state index in [-0.39, 0.29) is 5.41 Å². The van der Waals surface area contributed by atoms with E-state index < -0.39 is 10.0 Å². The van der Waals surface area contributed by atoms with Crippen LogP contribution >= 0.6 is 27.3 Å². The third-order valence-electron chi connectivity index (χ3n) is 4.33. The van der Waals surface area contributed by atoms with E-state index in [2.05, 4.69) is 32.1 Å². The molecular weight excluding hydrogens is 382 g/mol. The predicted molar refractivity (Wildman–Crippen MR) is 93.8 cm³/mol. The molecule has 2 aromatic rings. The zero-order valence-electron chi connectivity index (χ0n) is 12.1. The fourth-order valence-corrected chi connectivity index (χ4v) is 6.23. The molecule has 1 aromatic carbocycles. The molecule has 118 valence electrons. The zero-order valence-corrected chi connectivity index (χ0v) is 15.3. The van der Waals surface area contributed by atoms with Crippen LogP contribution in [0.2, 0.25) is 0 Å². The van der Waals surface area contributed by atoms with Gasteiger partial charge in [-0.15, -0.1) is 11.3 Å². The minimum Gasteiger partial charge on any atom is -0.210 e. The molecule has 3 rings (SSSR count). The van der Waals surface area contributed by atoms with Gasteiger partial charge in [0.25, 0.3) is 0 Å². The van der Waals surface area contributed by atoms with Gasteiger partial charge in [-0.1, -0.05) is 31.0 Å². The molecule has 22 heavy (non-hydrogen) atoms. The quantitative estimate of drug-likeness (QED) is 0.814. The third kappa shape index (κ3) is 3.15. The molecule has 0 aliphatic heterocycles. The van der Waals surface area contributed by atoms with Crippen molar-refractivity contribution in [3.8, 4) is 0 Å². The van der Waals surface area contributed by atoms with Crippen molar-refractivity contribution >= 4 is 37.3 Å². The lowest BCUT2D eigenvalue weighted by atomic mass is 9.85. The van der Waals surface area contributed by atoms with Crippen LogP contribution in [0.3, 0.4) is 0 Å². The fraction of sp³-hybridized carbons (Fsp3) is 0.375. The summed E-state index contributed by atoms with van der Waals surface area (Å²) in [5.41, 5.74) is -0.0392. The number of hydrogen-bond donors (Lipinski definition) is 1. The first-order chi connectivity index (χ1) is 10.5. The Hall–Kier alpha value is -0.690. The van der Waals surface area contributed by atoms with Crippen molar-refractivity contribution in [2.24, 2.45) is 0 Å². The van der Waals surface area contributed by atoms with E-state index in [1.54, 1.807) is 29.5 Å². The maximum Gasteiger partial charge on any atom is 0.241 e. The Morgan fingerprint density at radius 2 is 1.86 bits per heavy atom. The third-order valence-corrected chi connectivity index (χ3v) is 7.86. The highest BCUT2D eigenvalue weighted by molar-refractivity contribution is 9.10. The van der Waals surface area contributed by atoms with Crippen molar-refractivity contribution in [1.29, 1.82) is 0 Å². The number of thiophene rings is 1. The summed E-state index contributed by atoms with van der Waals surface area (Å²) < 4.78 is 28.6. The van der Waals surface area contributed by atoms with Crippen molar-refractivity contribution in [3.05, 3.63) is 51.1 Å². The van der Waals surface area contributed by atoms with Crippen molar-refractivity contribution in [3.63, 3.8) is 0 Å². The molecule has 1 aliphatic carbocycles. The van der Waals surface area contributed by atoms with Crippen LogP contribution in [0.25, 0.3) is 0 Å². The number of benzene rings is 1. The van der Waals surface area contributed by atoms with E-state index in [1.807, 2.05) is 12.1 Å². The molecule has 1 saturated carbocycles. The Kier molecular flexibility index (Phi) is 4.73. The highest BCUT2D eigenvalue weighted by Crippen LogP contribution is 2.42. The second-order valence-electron chi connectivity index (χ2n) is 5.72. The monoisotopic (exact) mass is 399 g/mol. The molecule has 0 unspecified atom stereocenters. The minimum absolute atomic E-state index is 0.0392. The van der Waals surface area contributed by atoms with Gasteiger partial charge in [-0.25, -0.2) is 13.1 Å².